The molecule has 13 heteroatoms. The predicted octanol–water partition coefficient (Wildman–Crippen LogP) is 5.93. The number of phenolic OH excluding ortho intramolecular Hbond substituents is 1. The van der Waals surface area contributed by atoms with E-state index in [0.29, 0.717) is 55.5 Å². The number of aromatic hydroxyl groups is 1. The Kier molecular flexibility index (Phi) is 9.83. The van der Waals surface area contributed by atoms with Crippen LogP contribution >= 0.6 is 22.9 Å². The second-order valence-electron chi connectivity index (χ2n) is 11.4. The van der Waals surface area contributed by atoms with Gasteiger partial charge < -0.3 is 24.6 Å². The number of halogens is 2. The second-order valence-corrected chi connectivity index (χ2v) is 12.7. The van der Waals surface area contributed by atoms with Gasteiger partial charge in [0.2, 0.25) is 17.9 Å². The molecule has 0 spiro atoms. The van der Waals surface area contributed by atoms with Gasteiger partial charge in [-0.2, -0.15) is 0 Å². The number of fused-ring (bicyclic) bond motifs is 1. The van der Waals surface area contributed by atoms with Crippen LogP contribution < -0.4 is 9.47 Å². The first-order valence-electron chi connectivity index (χ1n) is 15.1. The summed E-state index contributed by atoms with van der Waals surface area (Å²) in [4.78, 5) is 31.7. The van der Waals surface area contributed by atoms with E-state index in [-0.39, 0.29) is 23.9 Å². The molecule has 0 aliphatic carbocycles. The van der Waals surface area contributed by atoms with Crippen molar-refractivity contribution < 1.29 is 28.9 Å². The minimum atomic E-state index is -1.37. The third-order valence-corrected chi connectivity index (χ3v) is 9.82. The number of hydrogen-bond acceptors (Lipinski definition) is 10. The molecule has 0 radical (unpaired) electrons. The number of ether oxygens (including phenoxy) is 2. The maximum absolute atomic E-state index is 14.0. The zero-order chi connectivity index (χ0) is 33.1. The van der Waals surface area contributed by atoms with Gasteiger partial charge >= 0.3 is 5.97 Å². The van der Waals surface area contributed by atoms with E-state index in [1.807, 2.05) is 6.92 Å². The Morgan fingerprint density at radius 2 is 1.81 bits per heavy atom. The number of carboxylic acid groups (broad SMARTS) is 1. The summed E-state index contributed by atoms with van der Waals surface area (Å²) < 4.78 is 26.1. The van der Waals surface area contributed by atoms with Crippen molar-refractivity contribution in [2.24, 2.45) is 0 Å². The van der Waals surface area contributed by atoms with Crippen LogP contribution in [0.4, 0.5) is 4.39 Å². The van der Waals surface area contributed by atoms with E-state index in [9.17, 15) is 19.4 Å². The van der Waals surface area contributed by atoms with E-state index in [2.05, 4.69) is 31.8 Å². The lowest BCUT2D eigenvalue weighted by atomic mass is 9.97. The summed E-state index contributed by atoms with van der Waals surface area (Å²) in [6.07, 6.45) is 1.49. The summed E-state index contributed by atoms with van der Waals surface area (Å²) in [5.74, 6) is -1.29. The van der Waals surface area contributed by atoms with Gasteiger partial charge in [0, 0.05) is 61.3 Å². The molecular weight excluding hydrogens is 645 g/mol. The maximum Gasteiger partial charge on any atom is 0.345 e. The Morgan fingerprint density at radius 3 is 2.53 bits per heavy atom. The van der Waals surface area contributed by atoms with Gasteiger partial charge in [0.15, 0.2) is 0 Å². The van der Waals surface area contributed by atoms with Crippen molar-refractivity contribution in [3.05, 3.63) is 83.0 Å². The first-order valence-corrected chi connectivity index (χ1v) is 16.3. The topological polar surface area (TPSA) is 121 Å². The van der Waals surface area contributed by atoms with E-state index in [1.165, 1.54) is 35.9 Å². The lowest BCUT2D eigenvalue weighted by Gasteiger charge is -2.32. The SMILES string of the molecule is Cc1c(-c2c(-c3ccc(F)cc3)sc3ncnc(O[C@H](Cc4ccccc4O)C(=O)O)c23)cnc(OCCN2CCN(C)CC2)c1Cl. The van der Waals surface area contributed by atoms with Gasteiger partial charge in [0.1, 0.15) is 34.4 Å². The minimum absolute atomic E-state index is 0.0350. The number of aliphatic carboxylic acids is 1. The predicted molar refractivity (Wildman–Crippen MR) is 179 cm³/mol. The molecule has 244 valence electrons. The van der Waals surface area contributed by atoms with Crippen LogP contribution in [-0.2, 0) is 11.2 Å². The molecule has 1 saturated heterocycles. The number of phenols is 1. The lowest BCUT2D eigenvalue weighted by molar-refractivity contribution is -0.145. The standard InChI is InChI=1S/C34H33ClFN5O5S/c1-20-24(18-37-32(29(20)35)45-16-15-41-13-11-40(2)12-14-41)27-28-31(46-26(34(43)44)17-22-5-3-4-6-25(22)42)38-19-39-33(28)47-30(27)21-7-9-23(36)10-8-21/h3-10,18-19,26,42H,11-17H2,1-2H3,(H,43,44)/t26-/m1/s1. The molecule has 0 unspecified atom stereocenters. The molecule has 5 aromatic rings. The summed E-state index contributed by atoms with van der Waals surface area (Å²) in [5, 5.41) is 21.2. The molecule has 0 amide bonds. The molecule has 6 rings (SSSR count). The average molecular weight is 678 g/mol. The van der Waals surface area contributed by atoms with Crippen molar-refractivity contribution in [2.75, 3.05) is 46.4 Å². The van der Waals surface area contributed by atoms with Crippen molar-refractivity contribution in [3.63, 3.8) is 0 Å². The molecule has 1 fully saturated rings. The van der Waals surface area contributed by atoms with Crippen LogP contribution in [0.15, 0.2) is 61.1 Å². The minimum Gasteiger partial charge on any atom is -0.508 e. The summed E-state index contributed by atoms with van der Waals surface area (Å²) in [6.45, 7) is 6.99. The molecule has 2 N–H and O–H groups in total. The molecule has 47 heavy (non-hydrogen) atoms. The highest BCUT2D eigenvalue weighted by molar-refractivity contribution is 7.22. The molecule has 0 saturated carbocycles. The fraction of sp³-hybridized carbons (Fsp3) is 0.294. The highest BCUT2D eigenvalue weighted by atomic mass is 35.5. The molecule has 10 nitrogen and oxygen atoms in total. The number of thiophene rings is 1. The van der Waals surface area contributed by atoms with E-state index < -0.39 is 12.1 Å². The first-order chi connectivity index (χ1) is 22.7. The summed E-state index contributed by atoms with van der Waals surface area (Å²) >= 11 is 8.21. The summed E-state index contributed by atoms with van der Waals surface area (Å²) in [6, 6.07) is 12.6. The number of carbonyl (C=O) groups is 1. The molecule has 0 bridgehead atoms. The van der Waals surface area contributed by atoms with Crippen LogP contribution in [0.2, 0.25) is 5.02 Å². The fourth-order valence-corrected chi connectivity index (χ4v) is 6.86. The van der Waals surface area contributed by atoms with Crippen LogP contribution in [0.1, 0.15) is 11.1 Å². The number of aromatic nitrogens is 3. The van der Waals surface area contributed by atoms with Crippen LogP contribution in [0, 0.1) is 12.7 Å². The Balaban J connectivity index is 1.39. The Labute approximate surface area is 280 Å². The van der Waals surface area contributed by atoms with Gasteiger partial charge in [-0.1, -0.05) is 41.9 Å². The quantitative estimate of drug-likeness (QED) is 0.174. The molecule has 4 heterocycles. The number of piperazine rings is 1. The monoisotopic (exact) mass is 677 g/mol. The third kappa shape index (κ3) is 7.15. The molecule has 1 atom stereocenters. The van der Waals surface area contributed by atoms with Gasteiger partial charge in [-0.15, -0.1) is 11.3 Å². The second kappa shape index (κ2) is 14.2. The number of pyridine rings is 1. The number of rotatable bonds is 11. The van der Waals surface area contributed by atoms with E-state index >= 15 is 0 Å². The van der Waals surface area contributed by atoms with Gasteiger partial charge in [-0.3, -0.25) is 4.90 Å². The van der Waals surface area contributed by atoms with Crippen molar-refractivity contribution in [1.29, 1.82) is 0 Å². The molecule has 1 aliphatic heterocycles. The summed E-state index contributed by atoms with van der Waals surface area (Å²) in [5.41, 5.74) is 3.06. The van der Waals surface area contributed by atoms with Crippen LogP contribution in [0.5, 0.6) is 17.5 Å². The number of carboxylic acids is 1. The average Bonchev–Trinajstić information content (AvgIpc) is 3.45. The van der Waals surface area contributed by atoms with Crippen LogP contribution in [0.3, 0.4) is 0 Å². The van der Waals surface area contributed by atoms with Crippen molar-refractivity contribution in [2.45, 2.75) is 19.4 Å². The smallest absolute Gasteiger partial charge is 0.345 e. The van der Waals surface area contributed by atoms with Gasteiger partial charge in [0.05, 0.1) is 5.39 Å². The van der Waals surface area contributed by atoms with Crippen LogP contribution in [0.25, 0.3) is 31.8 Å². The Morgan fingerprint density at radius 1 is 1.06 bits per heavy atom. The molecule has 1 aliphatic rings. The zero-order valence-corrected chi connectivity index (χ0v) is 27.4. The Bertz CT molecular complexity index is 1900. The first kappa shape index (κ1) is 32.6. The maximum atomic E-state index is 14.0. The van der Waals surface area contributed by atoms with Gasteiger partial charge in [-0.25, -0.2) is 24.1 Å². The summed E-state index contributed by atoms with van der Waals surface area (Å²) in [7, 11) is 2.11. The molecule has 3 aromatic heterocycles. The van der Waals surface area contributed by atoms with E-state index in [4.69, 9.17) is 21.1 Å². The fourth-order valence-electron chi connectivity index (χ4n) is 5.51. The normalized spacial score (nSPS) is 14.7. The largest absolute Gasteiger partial charge is 0.508 e. The zero-order valence-electron chi connectivity index (χ0n) is 25.8. The van der Waals surface area contributed by atoms with Gasteiger partial charge in [0.25, 0.3) is 0 Å². The van der Waals surface area contributed by atoms with Crippen molar-refractivity contribution in [1.82, 2.24) is 24.8 Å². The van der Waals surface area contributed by atoms with Crippen LogP contribution in [-0.4, -0.2) is 93.4 Å². The Hall–Kier alpha value is -4.36. The van der Waals surface area contributed by atoms with Crippen molar-refractivity contribution >= 4 is 39.1 Å². The number of nitrogens with zero attached hydrogens (tertiary/aromatic N) is 5. The van der Waals surface area contributed by atoms with Gasteiger partial charge in [-0.05, 0) is 48.9 Å². The number of hydrogen-bond donors (Lipinski definition) is 2. The highest BCUT2D eigenvalue weighted by Gasteiger charge is 2.28. The molecular formula is C34H33ClFN5O5S. The van der Waals surface area contributed by atoms with Crippen molar-refractivity contribution in [3.8, 4) is 39.1 Å². The number of para-hydroxylation sites is 1. The highest BCUT2D eigenvalue weighted by Crippen LogP contribution is 2.49. The third-order valence-electron chi connectivity index (χ3n) is 8.23. The lowest BCUT2D eigenvalue weighted by Crippen LogP contribution is -2.45. The van der Waals surface area contributed by atoms with E-state index in [0.717, 1.165) is 37.6 Å². The number of benzene rings is 2. The number of likely N-dealkylation sites (N-methyl/N-ethyl adjacent to an activating group) is 1. The van der Waals surface area contributed by atoms with E-state index in [1.54, 1.807) is 36.5 Å². The molecule has 2 aromatic carbocycles.